The monoisotopic (exact) mass is 274 g/mol. The van der Waals surface area contributed by atoms with Gasteiger partial charge in [-0.05, 0) is 26.8 Å². The minimum atomic E-state index is 0.642. The molecule has 1 saturated heterocycles. The summed E-state index contributed by atoms with van der Waals surface area (Å²) in [6, 6.07) is 0.642. The fraction of sp³-hybridized carbons (Fsp3) is 1.00. The number of nitrogens with one attached hydrogen (secondary N) is 1. The molecule has 0 amide bonds. The van der Waals surface area contributed by atoms with Gasteiger partial charge in [-0.25, -0.2) is 0 Å². The molecule has 4 heteroatoms. The Morgan fingerprint density at radius 1 is 1.33 bits per heavy atom. The van der Waals surface area contributed by atoms with E-state index in [1.807, 2.05) is 6.92 Å². The number of hydrogen-bond acceptors (Lipinski definition) is 4. The van der Waals surface area contributed by atoms with Gasteiger partial charge in [0.2, 0.25) is 0 Å². The average molecular weight is 274 g/mol. The molecule has 18 heavy (non-hydrogen) atoms. The van der Waals surface area contributed by atoms with E-state index in [1.54, 1.807) is 0 Å². The lowest BCUT2D eigenvalue weighted by Gasteiger charge is -2.38. The molecular weight excluding hydrogens is 244 g/mol. The summed E-state index contributed by atoms with van der Waals surface area (Å²) in [4.78, 5) is 2.63. The van der Waals surface area contributed by atoms with Crippen LogP contribution in [0.15, 0.2) is 0 Å². The maximum atomic E-state index is 5.33. The minimum Gasteiger partial charge on any atom is -0.382 e. The Kier molecular flexibility index (Phi) is 8.31. The quantitative estimate of drug-likeness (QED) is 0.686. The van der Waals surface area contributed by atoms with Crippen molar-refractivity contribution < 1.29 is 4.74 Å². The summed E-state index contributed by atoms with van der Waals surface area (Å²) in [5.41, 5.74) is 0. The van der Waals surface area contributed by atoms with Gasteiger partial charge in [0.15, 0.2) is 0 Å². The third-order valence-corrected chi connectivity index (χ3v) is 4.58. The molecule has 3 nitrogen and oxygen atoms in total. The lowest BCUT2D eigenvalue weighted by Crippen LogP contribution is -2.48. The second-order valence-corrected chi connectivity index (χ2v) is 7.20. The second kappa shape index (κ2) is 9.18. The van der Waals surface area contributed by atoms with Crippen LogP contribution in [0.5, 0.6) is 0 Å². The van der Waals surface area contributed by atoms with Crippen molar-refractivity contribution in [1.29, 1.82) is 0 Å². The van der Waals surface area contributed by atoms with Gasteiger partial charge in [0.25, 0.3) is 0 Å². The first-order chi connectivity index (χ1) is 8.63. The van der Waals surface area contributed by atoms with Crippen LogP contribution in [-0.4, -0.2) is 60.8 Å². The van der Waals surface area contributed by atoms with Crippen LogP contribution in [0.3, 0.4) is 0 Å². The van der Waals surface area contributed by atoms with Crippen LogP contribution in [-0.2, 0) is 4.74 Å². The van der Waals surface area contributed by atoms with Crippen LogP contribution in [0.25, 0.3) is 0 Å². The van der Waals surface area contributed by atoms with E-state index in [1.165, 1.54) is 13.1 Å². The van der Waals surface area contributed by atoms with E-state index in [9.17, 15) is 0 Å². The molecule has 0 aromatic carbocycles. The predicted octanol–water partition coefficient (Wildman–Crippen LogP) is 2.22. The highest BCUT2D eigenvalue weighted by molar-refractivity contribution is 8.00. The highest BCUT2D eigenvalue weighted by Gasteiger charge is 2.25. The minimum absolute atomic E-state index is 0.642. The molecule has 1 aliphatic rings. The van der Waals surface area contributed by atoms with Gasteiger partial charge in [-0.2, -0.15) is 11.8 Å². The van der Waals surface area contributed by atoms with Crippen LogP contribution >= 0.6 is 11.8 Å². The summed E-state index contributed by atoms with van der Waals surface area (Å²) in [6.07, 6.45) is 1.11. The summed E-state index contributed by atoms with van der Waals surface area (Å²) in [7, 11) is 0. The maximum Gasteiger partial charge on any atom is 0.0477 e. The average Bonchev–Trinajstić information content (AvgIpc) is 2.32. The Hall–Kier alpha value is 0.230. The van der Waals surface area contributed by atoms with Gasteiger partial charge in [-0.15, -0.1) is 0 Å². The maximum absolute atomic E-state index is 5.33. The summed E-state index contributed by atoms with van der Waals surface area (Å²) in [5, 5.41) is 5.09. The van der Waals surface area contributed by atoms with Crippen molar-refractivity contribution in [1.82, 2.24) is 10.2 Å². The van der Waals surface area contributed by atoms with Gasteiger partial charge in [0.1, 0.15) is 0 Å². The van der Waals surface area contributed by atoms with Crippen molar-refractivity contribution in [2.45, 2.75) is 50.7 Å². The Morgan fingerprint density at radius 2 is 2.00 bits per heavy atom. The fourth-order valence-electron chi connectivity index (χ4n) is 2.46. The number of thioether (sulfide) groups is 1. The predicted molar refractivity (Wildman–Crippen MR) is 81.5 cm³/mol. The highest BCUT2D eigenvalue weighted by atomic mass is 32.2. The van der Waals surface area contributed by atoms with E-state index in [4.69, 9.17) is 4.74 Å². The molecule has 3 atom stereocenters. The molecule has 108 valence electrons. The molecule has 0 aromatic rings. The van der Waals surface area contributed by atoms with Gasteiger partial charge in [-0.3, -0.25) is 4.90 Å². The Morgan fingerprint density at radius 3 is 2.61 bits per heavy atom. The summed E-state index contributed by atoms with van der Waals surface area (Å²) < 4.78 is 5.33. The molecule has 0 bridgehead atoms. The number of nitrogens with zero attached hydrogens (tertiary/aromatic N) is 1. The first-order valence-electron chi connectivity index (χ1n) is 7.31. The highest BCUT2D eigenvalue weighted by Crippen LogP contribution is 2.25. The van der Waals surface area contributed by atoms with Crippen LogP contribution in [0.4, 0.5) is 0 Å². The van der Waals surface area contributed by atoms with Crippen LogP contribution in [0.2, 0.25) is 0 Å². The molecule has 1 N–H and O–H groups in total. The van der Waals surface area contributed by atoms with E-state index in [-0.39, 0.29) is 0 Å². The molecular formula is C14H30N2OS. The molecule has 1 fully saturated rings. The molecule has 0 radical (unpaired) electrons. The van der Waals surface area contributed by atoms with E-state index in [0.29, 0.717) is 6.04 Å². The number of rotatable bonds is 8. The van der Waals surface area contributed by atoms with Gasteiger partial charge < -0.3 is 10.1 Å². The number of hydrogen-bond donors (Lipinski definition) is 1. The van der Waals surface area contributed by atoms with Crippen molar-refractivity contribution in [3.8, 4) is 0 Å². The normalized spacial score (nSPS) is 27.3. The SMILES string of the molecule is CCOCCCNCC(C)N1CC(C)SC(C)C1. The van der Waals surface area contributed by atoms with Gasteiger partial charge in [0, 0.05) is 49.4 Å². The van der Waals surface area contributed by atoms with E-state index in [0.717, 1.165) is 43.2 Å². The molecule has 0 aromatic heterocycles. The van der Waals surface area contributed by atoms with Crippen molar-refractivity contribution >= 4 is 11.8 Å². The Bertz CT molecular complexity index is 206. The first-order valence-corrected chi connectivity index (χ1v) is 8.25. The third kappa shape index (κ3) is 6.41. The zero-order valence-corrected chi connectivity index (χ0v) is 13.3. The van der Waals surface area contributed by atoms with Crippen molar-refractivity contribution in [2.24, 2.45) is 0 Å². The van der Waals surface area contributed by atoms with Crippen LogP contribution < -0.4 is 5.32 Å². The standard InChI is InChI=1S/C14H30N2OS/c1-5-17-8-6-7-15-9-12(2)16-10-13(3)18-14(4)11-16/h12-15H,5-11H2,1-4H3. The fourth-order valence-corrected chi connectivity index (χ4v) is 3.81. The summed E-state index contributed by atoms with van der Waals surface area (Å²) in [5.74, 6) is 0. The smallest absolute Gasteiger partial charge is 0.0477 e. The molecule has 0 aliphatic carbocycles. The van der Waals surface area contributed by atoms with Crippen molar-refractivity contribution in [3.63, 3.8) is 0 Å². The topological polar surface area (TPSA) is 24.5 Å². The molecule has 1 rings (SSSR count). The summed E-state index contributed by atoms with van der Waals surface area (Å²) >= 11 is 2.12. The molecule has 1 aliphatic heterocycles. The molecule has 0 spiro atoms. The van der Waals surface area contributed by atoms with Crippen LogP contribution in [0, 0.1) is 0 Å². The van der Waals surface area contributed by atoms with E-state index < -0.39 is 0 Å². The third-order valence-electron chi connectivity index (χ3n) is 3.36. The number of ether oxygens (including phenoxy) is 1. The Labute approximate surface area is 117 Å². The van der Waals surface area contributed by atoms with E-state index >= 15 is 0 Å². The van der Waals surface area contributed by atoms with Gasteiger partial charge >= 0.3 is 0 Å². The van der Waals surface area contributed by atoms with Gasteiger partial charge in [-0.1, -0.05) is 13.8 Å². The van der Waals surface area contributed by atoms with Crippen molar-refractivity contribution in [3.05, 3.63) is 0 Å². The lowest BCUT2D eigenvalue weighted by atomic mass is 10.2. The second-order valence-electron chi connectivity index (χ2n) is 5.31. The molecule has 3 unspecified atom stereocenters. The zero-order chi connectivity index (χ0) is 13.4. The first kappa shape index (κ1) is 16.3. The Balaban J connectivity index is 2.10. The molecule has 0 saturated carbocycles. The zero-order valence-electron chi connectivity index (χ0n) is 12.4. The largest absolute Gasteiger partial charge is 0.382 e. The van der Waals surface area contributed by atoms with Crippen molar-refractivity contribution in [2.75, 3.05) is 39.4 Å². The molecule has 1 heterocycles. The van der Waals surface area contributed by atoms with Crippen LogP contribution in [0.1, 0.15) is 34.1 Å². The lowest BCUT2D eigenvalue weighted by molar-refractivity contribution is 0.143. The van der Waals surface area contributed by atoms with Gasteiger partial charge in [0.05, 0.1) is 0 Å². The van der Waals surface area contributed by atoms with E-state index in [2.05, 4.69) is 42.7 Å². The summed E-state index contributed by atoms with van der Waals surface area (Å²) in [6.45, 7) is 15.4.